The maximum Gasteiger partial charge on any atom is 0.217 e. The molecule has 3 heteroatoms. The molecule has 0 radical (unpaired) electrons. The van der Waals surface area contributed by atoms with Gasteiger partial charge in [0.05, 0.1) is 7.11 Å². The molecule has 3 nitrogen and oxygen atoms in total. The highest BCUT2D eigenvalue weighted by atomic mass is 16.5. The molecule has 1 heterocycles. The average Bonchev–Trinajstić information content (AvgIpc) is 2.34. The van der Waals surface area contributed by atoms with Crippen molar-refractivity contribution in [2.75, 3.05) is 14.2 Å². The molecule has 0 aliphatic heterocycles. The summed E-state index contributed by atoms with van der Waals surface area (Å²) in [5.74, 6) is 1.50. The molecule has 1 aromatic rings. The van der Waals surface area contributed by atoms with E-state index >= 15 is 0 Å². The monoisotopic (exact) mass is 236 g/mol. The van der Waals surface area contributed by atoms with E-state index in [1.807, 2.05) is 13.1 Å². The van der Waals surface area contributed by atoms with Gasteiger partial charge in [-0.3, -0.25) is 0 Å². The standard InChI is InChI=1S/C14H24N2O/c1-11(2)7-5-9-13(15-3)12-8-6-10-16-14(12)17-4/h6,8,10-11,13,15H,5,7,9H2,1-4H3. The van der Waals surface area contributed by atoms with Crippen LogP contribution in [-0.4, -0.2) is 19.1 Å². The molecule has 0 aliphatic carbocycles. The minimum atomic E-state index is 0.331. The van der Waals surface area contributed by atoms with Crippen LogP contribution in [-0.2, 0) is 0 Å². The first kappa shape index (κ1) is 14.0. The normalized spacial score (nSPS) is 12.8. The predicted molar refractivity (Wildman–Crippen MR) is 71.3 cm³/mol. The lowest BCUT2D eigenvalue weighted by atomic mass is 9.99. The van der Waals surface area contributed by atoms with E-state index in [1.165, 1.54) is 12.8 Å². The quantitative estimate of drug-likeness (QED) is 0.789. The topological polar surface area (TPSA) is 34.2 Å². The molecule has 0 aromatic carbocycles. The van der Waals surface area contributed by atoms with Crippen molar-refractivity contribution in [2.45, 2.75) is 39.2 Å². The molecule has 96 valence electrons. The Kier molecular flexibility index (Phi) is 5.98. The lowest BCUT2D eigenvalue weighted by molar-refractivity contribution is 0.378. The van der Waals surface area contributed by atoms with Gasteiger partial charge in [0.25, 0.3) is 0 Å². The van der Waals surface area contributed by atoms with Gasteiger partial charge in [-0.15, -0.1) is 0 Å². The van der Waals surface area contributed by atoms with Crippen molar-refractivity contribution in [3.05, 3.63) is 23.9 Å². The molecule has 17 heavy (non-hydrogen) atoms. The molecule has 1 rings (SSSR count). The Morgan fingerprint density at radius 1 is 1.35 bits per heavy atom. The van der Waals surface area contributed by atoms with Crippen LogP contribution < -0.4 is 10.1 Å². The summed E-state index contributed by atoms with van der Waals surface area (Å²) < 4.78 is 5.30. The van der Waals surface area contributed by atoms with E-state index < -0.39 is 0 Å². The van der Waals surface area contributed by atoms with Crippen molar-refractivity contribution in [1.29, 1.82) is 0 Å². The zero-order valence-corrected chi connectivity index (χ0v) is 11.4. The van der Waals surface area contributed by atoms with Gasteiger partial charge in [0.1, 0.15) is 0 Å². The molecule has 0 saturated carbocycles. The van der Waals surface area contributed by atoms with Crippen LogP contribution in [0, 0.1) is 5.92 Å². The van der Waals surface area contributed by atoms with Gasteiger partial charge in [0, 0.05) is 17.8 Å². The van der Waals surface area contributed by atoms with Crippen molar-refractivity contribution >= 4 is 0 Å². The number of hydrogen-bond acceptors (Lipinski definition) is 3. The van der Waals surface area contributed by atoms with Crippen LogP contribution in [0.5, 0.6) is 5.88 Å². The fraction of sp³-hybridized carbons (Fsp3) is 0.643. The molecule has 1 aromatic heterocycles. The zero-order chi connectivity index (χ0) is 12.7. The number of nitrogens with zero attached hydrogens (tertiary/aromatic N) is 1. The van der Waals surface area contributed by atoms with Gasteiger partial charge in [0.2, 0.25) is 5.88 Å². The van der Waals surface area contributed by atoms with E-state index in [2.05, 4.69) is 30.2 Å². The first-order valence-corrected chi connectivity index (χ1v) is 6.35. The van der Waals surface area contributed by atoms with Crippen molar-refractivity contribution in [2.24, 2.45) is 5.92 Å². The number of pyridine rings is 1. The van der Waals surface area contributed by atoms with Crippen LogP contribution >= 0.6 is 0 Å². The minimum absolute atomic E-state index is 0.331. The fourth-order valence-electron chi connectivity index (χ4n) is 2.02. The lowest BCUT2D eigenvalue weighted by Crippen LogP contribution is -2.17. The molecule has 0 amide bonds. The van der Waals surface area contributed by atoms with Gasteiger partial charge in [0.15, 0.2) is 0 Å². The van der Waals surface area contributed by atoms with Gasteiger partial charge in [-0.1, -0.05) is 32.8 Å². The third kappa shape index (κ3) is 4.35. The van der Waals surface area contributed by atoms with E-state index in [4.69, 9.17) is 4.74 Å². The molecule has 1 unspecified atom stereocenters. The maximum absolute atomic E-state index is 5.30. The lowest BCUT2D eigenvalue weighted by Gasteiger charge is -2.18. The number of aromatic nitrogens is 1. The van der Waals surface area contributed by atoms with Crippen LogP contribution in [0.3, 0.4) is 0 Å². The molecule has 0 aliphatic rings. The van der Waals surface area contributed by atoms with E-state index in [0.717, 1.165) is 23.8 Å². The third-order valence-corrected chi connectivity index (χ3v) is 2.99. The summed E-state index contributed by atoms with van der Waals surface area (Å²) in [6.45, 7) is 4.53. The van der Waals surface area contributed by atoms with Gasteiger partial charge in [-0.05, 0) is 25.5 Å². The zero-order valence-electron chi connectivity index (χ0n) is 11.4. The van der Waals surface area contributed by atoms with Gasteiger partial charge >= 0.3 is 0 Å². The van der Waals surface area contributed by atoms with Crippen molar-refractivity contribution in [3.8, 4) is 5.88 Å². The van der Waals surface area contributed by atoms with Gasteiger partial charge < -0.3 is 10.1 Å². The van der Waals surface area contributed by atoms with E-state index in [0.29, 0.717) is 6.04 Å². The molecule has 0 saturated heterocycles. The maximum atomic E-state index is 5.30. The van der Waals surface area contributed by atoms with Crippen LogP contribution in [0.2, 0.25) is 0 Å². The molecular weight excluding hydrogens is 212 g/mol. The van der Waals surface area contributed by atoms with Gasteiger partial charge in [-0.25, -0.2) is 4.98 Å². The highest BCUT2D eigenvalue weighted by Crippen LogP contribution is 2.26. The van der Waals surface area contributed by atoms with Crippen LogP contribution in [0.15, 0.2) is 18.3 Å². The van der Waals surface area contributed by atoms with Crippen molar-refractivity contribution in [1.82, 2.24) is 10.3 Å². The number of ether oxygens (including phenoxy) is 1. The molecule has 1 N–H and O–H groups in total. The third-order valence-electron chi connectivity index (χ3n) is 2.99. The van der Waals surface area contributed by atoms with Crippen LogP contribution in [0.4, 0.5) is 0 Å². The SMILES string of the molecule is CNC(CCCC(C)C)c1cccnc1OC. The van der Waals surface area contributed by atoms with E-state index in [-0.39, 0.29) is 0 Å². The van der Waals surface area contributed by atoms with E-state index in [1.54, 1.807) is 13.3 Å². The first-order chi connectivity index (χ1) is 8.19. The average molecular weight is 236 g/mol. The second-order valence-corrected chi connectivity index (χ2v) is 4.77. The Labute approximate surface area is 105 Å². The van der Waals surface area contributed by atoms with E-state index in [9.17, 15) is 0 Å². The highest BCUT2D eigenvalue weighted by Gasteiger charge is 2.14. The number of nitrogens with one attached hydrogen (secondary N) is 1. The summed E-state index contributed by atoms with van der Waals surface area (Å²) in [6.07, 6.45) is 5.38. The molecule has 0 fully saturated rings. The number of hydrogen-bond donors (Lipinski definition) is 1. The van der Waals surface area contributed by atoms with Crippen LogP contribution in [0.1, 0.15) is 44.7 Å². The minimum Gasteiger partial charge on any atom is -0.481 e. The fourth-order valence-corrected chi connectivity index (χ4v) is 2.02. The largest absolute Gasteiger partial charge is 0.481 e. The molecule has 0 bridgehead atoms. The predicted octanol–water partition coefficient (Wildman–Crippen LogP) is 3.18. The molecular formula is C14H24N2O. The van der Waals surface area contributed by atoms with Crippen molar-refractivity contribution < 1.29 is 4.74 Å². The first-order valence-electron chi connectivity index (χ1n) is 6.35. The number of methoxy groups -OCH3 is 1. The second kappa shape index (κ2) is 7.28. The smallest absolute Gasteiger partial charge is 0.217 e. The van der Waals surface area contributed by atoms with Crippen molar-refractivity contribution in [3.63, 3.8) is 0 Å². The molecule has 0 spiro atoms. The van der Waals surface area contributed by atoms with Crippen LogP contribution in [0.25, 0.3) is 0 Å². The molecule has 1 atom stereocenters. The highest BCUT2D eigenvalue weighted by molar-refractivity contribution is 5.28. The summed E-state index contributed by atoms with van der Waals surface area (Å²) in [7, 11) is 3.67. The Hall–Kier alpha value is -1.09. The summed E-state index contributed by atoms with van der Waals surface area (Å²) in [4.78, 5) is 4.25. The van der Waals surface area contributed by atoms with Gasteiger partial charge in [-0.2, -0.15) is 0 Å². The Bertz CT molecular complexity index is 326. The summed E-state index contributed by atoms with van der Waals surface area (Å²) >= 11 is 0. The second-order valence-electron chi connectivity index (χ2n) is 4.77. The number of rotatable bonds is 7. The summed E-state index contributed by atoms with van der Waals surface area (Å²) in [5, 5.41) is 3.35. The summed E-state index contributed by atoms with van der Waals surface area (Å²) in [5.41, 5.74) is 1.15. The Morgan fingerprint density at radius 3 is 2.71 bits per heavy atom. The Balaban J connectivity index is 2.65. The summed E-state index contributed by atoms with van der Waals surface area (Å²) in [6, 6.07) is 4.38. The Morgan fingerprint density at radius 2 is 2.12 bits per heavy atom.